The van der Waals surface area contributed by atoms with Crippen molar-refractivity contribution in [1.29, 1.82) is 0 Å². The molecular formula is C20H32F2IN5O2. The molecule has 3 rings (SSSR count). The van der Waals surface area contributed by atoms with Gasteiger partial charge in [0.05, 0.1) is 24.9 Å². The monoisotopic (exact) mass is 539 g/mol. The first-order chi connectivity index (χ1) is 14.0. The van der Waals surface area contributed by atoms with E-state index in [9.17, 15) is 8.78 Å². The van der Waals surface area contributed by atoms with Gasteiger partial charge in [-0.3, -0.25) is 4.99 Å². The maximum atomic E-state index is 12.7. The molecule has 2 aliphatic heterocycles. The van der Waals surface area contributed by atoms with Gasteiger partial charge in [0.25, 0.3) is 0 Å². The van der Waals surface area contributed by atoms with Crippen LogP contribution < -0.4 is 20.3 Å². The Morgan fingerprint density at radius 1 is 1.30 bits per heavy atom. The highest BCUT2D eigenvalue weighted by Crippen LogP contribution is 2.31. The highest BCUT2D eigenvalue weighted by atomic mass is 127. The molecule has 2 aliphatic rings. The van der Waals surface area contributed by atoms with Crippen LogP contribution in [0.2, 0.25) is 0 Å². The standard InChI is InChI=1S/C20H31F2N5O2.HI/c1-3-23-20(24-12-16-14-26(2)10-11-28-16)25-15-8-9-27(13-15)17-6-4-5-7-18(17)29-19(21)22;/h4-7,15-16,19H,3,8-14H2,1-2H3,(H2,23,24,25);1H. The zero-order valence-electron chi connectivity index (χ0n) is 17.5. The van der Waals surface area contributed by atoms with Crippen molar-refractivity contribution in [2.24, 2.45) is 4.99 Å². The molecule has 1 aromatic carbocycles. The van der Waals surface area contributed by atoms with Crippen molar-refractivity contribution < 1.29 is 18.3 Å². The van der Waals surface area contributed by atoms with Crippen molar-refractivity contribution in [3.05, 3.63) is 24.3 Å². The quantitative estimate of drug-likeness (QED) is 0.316. The predicted molar refractivity (Wildman–Crippen MR) is 125 cm³/mol. The van der Waals surface area contributed by atoms with E-state index in [1.165, 1.54) is 0 Å². The van der Waals surface area contributed by atoms with Crippen molar-refractivity contribution >= 4 is 35.6 Å². The van der Waals surface area contributed by atoms with E-state index < -0.39 is 6.61 Å². The van der Waals surface area contributed by atoms with Gasteiger partial charge in [0, 0.05) is 38.8 Å². The lowest BCUT2D eigenvalue weighted by Gasteiger charge is -2.29. The Kier molecular flexibility index (Phi) is 10.3. The number of rotatable bonds is 7. The molecule has 0 radical (unpaired) electrons. The van der Waals surface area contributed by atoms with E-state index in [-0.39, 0.29) is 41.9 Å². The van der Waals surface area contributed by atoms with Gasteiger partial charge in [0.1, 0.15) is 5.75 Å². The Bertz CT molecular complexity index is 682. The van der Waals surface area contributed by atoms with Crippen LogP contribution in [-0.2, 0) is 4.74 Å². The molecule has 7 nitrogen and oxygen atoms in total. The van der Waals surface area contributed by atoms with Crippen LogP contribution in [0.15, 0.2) is 29.3 Å². The smallest absolute Gasteiger partial charge is 0.387 e. The van der Waals surface area contributed by atoms with Crippen molar-refractivity contribution in [2.45, 2.75) is 32.1 Å². The minimum atomic E-state index is -2.83. The van der Waals surface area contributed by atoms with Gasteiger partial charge in [0.15, 0.2) is 5.96 Å². The van der Waals surface area contributed by atoms with Crippen LogP contribution in [0.3, 0.4) is 0 Å². The summed E-state index contributed by atoms with van der Waals surface area (Å²) in [5.74, 6) is 0.968. The highest BCUT2D eigenvalue weighted by molar-refractivity contribution is 14.0. The molecular weight excluding hydrogens is 507 g/mol. The first kappa shape index (κ1) is 24.9. The fourth-order valence-corrected chi connectivity index (χ4v) is 3.69. The number of hydrogen-bond acceptors (Lipinski definition) is 5. The van der Waals surface area contributed by atoms with Gasteiger partial charge in [-0.25, -0.2) is 0 Å². The Hall–Kier alpha value is -1.40. The van der Waals surface area contributed by atoms with E-state index in [0.29, 0.717) is 18.8 Å². The van der Waals surface area contributed by atoms with Gasteiger partial charge in [0.2, 0.25) is 0 Å². The minimum Gasteiger partial charge on any atom is -0.433 e. The van der Waals surface area contributed by atoms with Gasteiger partial charge in [-0.2, -0.15) is 8.78 Å². The van der Waals surface area contributed by atoms with Gasteiger partial charge in [-0.05, 0) is 32.5 Å². The normalized spacial score (nSPS) is 22.7. The molecule has 2 unspecified atom stereocenters. The second kappa shape index (κ2) is 12.5. The third kappa shape index (κ3) is 7.38. The zero-order chi connectivity index (χ0) is 20.6. The van der Waals surface area contributed by atoms with Gasteiger partial charge < -0.3 is 29.9 Å². The van der Waals surface area contributed by atoms with E-state index >= 15 is 0 Å². The van der Waals surface area contributed by atoms with Crippen molar-refractivity contribution in [3.8, 4) is 5.75 Å². The molecule has 10 heteroatoms. The van der Waals surface area contributed by atoms with E-state index in [1.807, 2.05) is 19.1 Å². The van der Waals surface area contributed by atoms with Crippen LogP contribution in [0.4, 0.5) is 14.5 Å². The van der Waals surface area contributed by atoms with Crippen LogP contribution in [0, 0.1) is 0 Å². The van der Waals surface area contributed by atoms with Crippen molar-refractivity contribution in [1.82, 2.24) is 15.5 Å². The Morgan fingerprint density at radius 3 is 2.83 bits per heavy atom. The number of nitrogens with zero attached hydrogens (tertiary/aromatic N) is 3. The van der Waals surface area contributed by atoms with Crippen LogP contribution >= 0.6 is 24.0 Å². The molecule has 170 valence electrons. The topological polar surface area (TPSA) is 61.4 Å². The molecule has 0 aliphatic carbocycles. The fourth-order valence-electron chi connectivity index (χ4n) is 3.69. The first-order valence-electron chi connectivity index (χ1n) is 10.2. The molecule has 0 amide bonds. The number of benzene rings is 1. The number of halogens is 3. The summed E-state index contributed by atoms with van der Waals surface area (Å²) in [6.07, 6.45) is 0.985. The third-order valence-corrected chi connectivity index (χ3v) is 5.09. The van der Waals surface area contributed by atoms with E-state index in [2.05, 4.69) is 32.2 Å². The Morgan fingerprint density at radius 2 is 2.10 bits per heavy atom. The van der Waals surface area contributed by atoms with Gasteiger partial charge >= 0.3 is 6.61 Å². The second-order valence-electron chi connectivity index (χ2n) is 7.40. The largest absolute Gasteiger partial charge is 0.433 e. The number of morpholine rings is 1. The zero-order valence-corrected chi connectivity index (χ0v) is 19.9. The average Bonchev–Trinajstić information content (AvgIpc) is 3.15. The summed E-state index contributed by atoms with van der Waals surface area (Å²) >= 11 is 0. The molecule has 2 atom stereocenters. The highest BCUT2D eigenvalue weighted by Gasteiger charge is 2.26. The molecule has 1 aromatic rings. The number of likely N-dealkylation sites (N-methyl/N-ethyl adjacent to an activating group) is 1. The number of guanidine groups is 1. The molecule has 2 fully saturated rings. The summed E-state index contributed by atoms with van der Waals surface area (Å²) in [7, 11) is 2.09. The summed E-state index contributed by atoms with van der Waals surface area (Å²) in [5, 5.41) is 6.75. The van der Waals surface area contributed by atoms with E-state index in [4.69, 9.17) is 9.73 Å². The SMILES string of the molecule is CCNC(=NCC1CN(C)CCO1)NC1CCN(c2ccccc2OC(F)F)C1.I. The van der Waals surface area contributed by atoms with Crippen molar-refractivity contribution in [3.63, 3.8) is 0 Å². The molecule has 2 N–H and O–H groups in total. The Balaban J connectivity index is 0.00000320. The lowest BCUT2D eigenvalue weighted by atomic mass is 10.2. The summed E-state index contributed by atoms with van der Waals surface area (Å²) in [4.78, 5) is 9.01. The van der Waals surface area contributed by atoms with Gasteiger partial charge in [-0.1, -0.05) is 12.1 Å². The third-order valence-electron chi connectivity index (χ3n) is 5.09. The number of anilines is 1. The van der Waals surface area contributed by atoms with Crippen LogP contribution in [-0.4, -0.2) is 82.5 Å². The summed E-state index contributed by atoms with van der Waals surface area (Å²) in [6.45, 7) is 4.57. The first-order valence-corrected chi connectivity index (χ1v) is 10.2. The molecule has 30 heavy (non-hydrogen) atoms. The number of aliphatic imine (C=N–C) groups is 1. The number of nitrogens with one attached hydrogen (secondary N) is 2. The van der Waals surface area contributed by atoms with E-state index in [1.54, 1.807) is 12.1 Å². The van der Waals surface area contributed by atoms with Crippen LogP contribution in [0.1, 0.15) is 13.3 Å². The Labute approximate surface area is 194 Å². The summed E-state index contributed by atoms with van der Waals surface area (Å²) < 4.78 is 35.8. The minimum absolute atomic E-state index is 0. The lowest BCUT2D eigenvalue weighted by molar-refractivity contribution is -0.0495. The maximum Gasteiger partial charge on any atom is 0.387 e. The van der Waals surface area contributed by atoms with E-state index in [0.717, 1.165) is 45.2 Å². The summed E-state index contributed by atoms with van der Waals surface area (Å²) in [6, 6.07) is 7.10. The molecule has 0 aromatic heterocycles. The number of ether oxygens (including phenoxy) is 2. The van der Waals surface area contributed by atoms with Crippen LogP contribution in [0.5, 0.6) is 5.75 Å². The number of hydrogen-bond donors (Lipinski definition) is 2. The van der Waals surface area contributed by atoms with Gasteiger partial charge in [-0.15, -0.1) is 24.0 Å². The fraction of sp³-hybridized carbons (Fsp3) is 0.650. The molecule has 0 spiro atoms. The molecule has 0 saturated carbocycles. The van der Waals surface area contributed by atoms with Crippen LogP contribution in [0.25, 0.3) is 0 Å². The number of para-hydroxylation sites is 2. The second-order valence-corrected chi connectivity index (χ2v) is 7.40. The predicted octanol–water partition coefficient (Wildman–Crippen LogP) is 2.37. The maximum absolute atomic E-state index is 12.7. The lowest BCUT2D eigenvalue weighted by Crippen LogP contribution is -2.46. The van der Waals surface area contributed by atoms with Crippen molar-refractivity contribution in [2.75, 3.05) is 57.8 Å². The molecule has 2 heterocycles. The number of alkyl halides is 2. The molecule has 2 saturated heterocycles. The molecule has 0 bridgehead atoms. The average molecular weight is 539 g/mol. The summed E-state index contributed by atoms with van der Waals surface area (Å²) in [5.41, 5.74) is 0.692.